The Morgan fingerprint density at radius 1 is 1.24 bits per heavy atom. The van der Waals surface area contributed by atoms with E-state index in [0.717, 1.165) is 36.5 Å². The van der Waals surface area contributed by atoms with E-state index < -0.39 is 0 Å². The number of aromatic nitrogens is 2. The second-order valence-electron chi connectivity index (χ2n) is 4.87. The zero-order valence-corrected chi connectivity index (χ0v) is 11.5. The number of benzene rings is 1. The number of guanidine groups is 2. The molecule has 0 fully saturated rings. The number of fused-ring (bicyclic) bond motifs is 1. The van der Waals surface area contributed by atoms with E-state index in [0.29, 0.717) is 5.69 Å². The van der Waals surface area contributed by atoms with E-state index in [-0.39, 0.29) is 11.9 Å². The first-order valence-corrected chi connectivity index (χ1v) is 6.72. The van der Waals surface area contributed by atoms with Crippen molar-refractivity contribution in [1.29, 1.82) is 0 Å². The van der Waals surface area contributed by atoms with Crippen LogP contribution in [0.2, 0.25) is 0 Å². The number of aliphatic imine (C=N–C) groups is 2. The van der Waals surface area contributed by atoms with Crippen molar-refractivity contribution in [2.45, 2.75) is 19.4 Å². The first-order chi connectivity index (χ1) is 10.1. The summed E-state index contributed by atoms with van der Waals surface area (Å²) in [6.07, 6.45) is 4.08. The highest BCUT2D eigenvalue weighted by molar-refractivity contribution is 5.93. The van der Waals surface area contributed by atoms with Crippen molar-refractivity contribution in [3.63, 3.8) is 0 Å². The van der Waals surface area contributed by atoms with Crippen LogP contribution in [0.25, 0.3) is 11.3 Å². The Kier molecular flexibility index (Phi) is 3.31. The van der Waals surface area contributed by atoms with Gasteiger partial charge in [-0.05, 0) is 18.6 Å². The zero-order valence-electron chi connectivity index (χ0n) is 11.5. The molecule has 0 amide bonds. The third kappa shape index (κ3) is 2.71. The highest BCUT2D eigenvalue weighted by atomic mass is 15.1. The molecule has 3 rings (SSSR count). The molecule has 2 heterocycles. The number of rotatable bonds is 2. The van der Waals surface area contributed by atoms with Crippen LogP contribution in [0, 0.1) is 0 Å². The molecule has 1 aliphatic heterocycles. The van der Waals surface area contributed by atoms with Gasteiger partial charge in [0, 0.05) is 18.5 Å². The SMILES string of the molecule is NC(N)=NC(N)=Nc1cccc(-c2cnc3n2CCC3)c1. The molecule has 1 aromatic heterocycles. The van der Waals surface area contributed by atoms with Crippen molar-refractivity contribution in [3.05, 3.63) is 36.3 Å². The lowest BCUT2D eigenvalue weighted by atomic mass is 10.1. The van der Waals surface area contributed by atoms with E-state index in [1.165, 1.54) is 0 Å². The van der Waals surface area contributed by atoms with Crippen molar-refractivity contribution in [2.24, 2.45) is 27.2 Å². The Bertz CT molecular complexity index is 723. The van der Waals surface area contributed by atoms with Crippen molar-refractivity contribution in [1.82, 2.24) is 9.55 Å². The molecule has 7 nitrogen and oxygen atoms in total. The molecule has 6 N–H and O–H groups in total. The fourth-order valence-electron chi connectivity index (χ4n) is 2.51. The third-order valence-electron chi connectivity index (χ3n) is 3.35. The summed E-state index contributed by atoms with van der Waals surface area (Å²) in [6.45, 7) is 1.01. The summed E-state index contributed by atoms with van der Waals surface area (Å²) in [5.41, 5.74) is 19.0. The summed E-state index contributed by atoms with van der Waals surface area (Å²) >= 11 is 0. The molecule has 21 heavy (non-hydrogen) atoms. The number of imidazole rings is 1. The molecule has 0 saturated carbocycles. The van der Waals surface area contributed by atoms with Gasteiger partial charge in [0.05, 0.1) is 17.6 Å². The number of hydrogen-bond donors (Lipinski definition) is 3. The summed E-state index contributed by atoms with van der Waals surface area (Å²) in [6, 6.07) is 7.74. The monoisotopic (exact) mass is 283 g/mol. The van der Waals surface area contributed by atoms with Gasteiger partial charge in [-0.15, -0.1) is 0 Å². The minimum absolute atomic E-state index is 0.0330. The van der Waals surface area contributed by atoms with Gasteiger partial charge in [-0.1, -0.05) is 12.1 Å². The average molecular weight is 283 g/mol. The van der Waals surface area contributed by atoms with Crippen molar-refractivity contribution in [2.75, 3.05) is 0 Å². The van der Waals surface area contributed by atoms with Gasteiger partial charge in [0.1, 0.15) is 5.82 Å². The lowest BCUT2D eigenvalue weighted by Gasteiger charge is -2.05. The lowest BCUT2D eigenvalue weighted by molar-refractivity contribution is 0.756. The molecule has 1 aromatic carbocycles. The molecule has 108 valence electrons. The maximum absolute atomic E-state index is 5.65. The molecule has 1 aliphatic rings. The third-order valence-corrected chi connectivity index (χ3v) is 3.35. The molecular weight excluding hydrogens is 266 g/mol. The van der Waals surface area contributed by atoms with E-state index in [9.17, 15) is 0 Å². The molecule has 2 aromatic rings. The average Bonchev–Trinajstić information content (AvgIpc) is 2.99. The fourth-order valence-corrected chi connectivity index (χ4v) is 2.51. The van der Waals surface area contributed by atoms with Gasteiger partial charge in [0.25, 0.3) is 0 Å². The van der Waals surface area contributed by atoms with Crippen LogP contribution in [-0.4, -0.2) is 21.5 Å². The van der Waals surface area contributed by atoms with Gasteiger partial charge in [-0.25, -0.2) is 9.98 Å². The van der Waals surface area contributed by atoms with Crippen LogP contribution in [0.1, 0.15) is 12.2 Å². The number of nitrogens with zero attached hydrogens (tertiary/aromatic N) is 4. The topological polar surface area (TPSA) is 121 Å². The predicted molar refractivity (Wildman–Crippen MR) is 83.1 cm³/mol. The van der Waals surface area contributed by atoms with Crippen LogP contribution in [0.4, 0.5) is 5.69 Å². The van der Waals surface area contributed by atoms with Crippen molar-refractivity contribution < 1.29 is 0 Å². The number of nitrogens with two attached hydrogens (primary N) is 3. The Morgan fingerprint density at radius 2 is 2.10 bits per heavy atom. The molecule has 0 atom stereocenters. The summed E-state index contributed by atoms with van der Waals surface area (Å²) in [5, 5.41) is 0. The highest BCUT2D eigenvalue weighted by Gasteiger charge is 2.16. The van der Waals surface area contributed by atoms with E-state index in [1.807, 2.05) is 30.5 Å². The molecule has 0 unspecified atom stereocenters. The van der Waals surface area contributed by atoms with E-state index >= 15 is 0 Å². The second-order valence-corrected chi connectivity index (χ2v) is 4.87. The largest absolute Gasteiger partial charge is 0.370 e. The van der Waals surface area contributed by atoms with Crippen molar-refractivity contribution >= 4 is 17.6 Å². The predicted octanol–water partition coefficient (Wildman–Crippen LogP) is 0.716. The zero-order chi connectivity index (χ0) is 14.8. The molecule has 0 spiro atoms. The number of hydrogen-bond acceptors (Lipinski definition) is 2. The van der Waals surface area contributed by atoms with Gasteiger partial charge < -0.3 is 21.8 Å². The van der Waals surface area contributed by atoms with Gasteiger partial charge in [-0.3, -0.25) is 0 Å². The minimum atomic E-state index is -0.110. The Balaban J connectivity index is 1.95. The highest BCUT2D eigenvalue weighted by Crippen LogP contribution is 2.28. The maximum atomic E-state index is 5.65. The smallest absolute Gasteiger partial charge is 0.223 e. The van der Waals surface area contributed by atoms with E-state index in [4.69, 9.17) is 17.2 Å². The van der Waals surface area contributed by atoms with Crippen LogP contribution in [0.5, 0.6) is 0 Å². The Hall–Kier alpha value is -2.83. The van der Waals surface area contributed by atoms with Gasteiger partial charge in [-0.2, -0.15) is 4.99 Å². The molecule has 0 bridgehead atoms. The van der Waals surface area contributed by atoms with Gasteiger partial charge in [0.2, 0.25) is 5.96 Å². The summed E-state index contributed by atoms with van der Waals surface area (Å²) in [5.74, 6) is 1.06. The molecule has 0 aliphatic carbocycles. The molecule has 7 heteroatoms. The second kappa shape index (κ2) is 5.28. The Morgan fingerprint density at radius 3 is 2.90 bits per heavy atom. The minimum Gasteiger partial charge on any atom is -0.370 e. The maximum Gasteiger partial charge on any atom is 0.223 e. The molecular formula is C14H17N7. The molecule has 0 saturated heterocycles. The lowest BCUT2D eigenvalue weighted by Crippen LogP contribution is -2.26. The van der Waals surface area contributed by atoms with Gasteiger partial charge >= 0.3 is 0 Å². The first-order valence-electron chi connectivity index (χ1n) is 6.72. The normalized spacial score (nSPS) is 14.0. The number of aryl methyl sites for hydroxylation is 1. The fraction of sp³-hybridized carbons (Fsp3) is 0.214. The first kappa shape index (κ1) is 13.2. The summed E-state index contributed by atoms with van der Waals surface area (Å²) in [4.78, 5) is 12.3. The van der Waals surface area contributed by atoms with E-state index in [1.54, 1.807) is 0 Å². The van der Waals surface area contributed by atoms with Crippen LogP contribution in [0.15, 0.2) is 40.4 Å². The summed E-state index contributed by atoms with van der Waals surface area (Å²) < 4.78 is 2.24. The van der Waals surface area contributed by atoms with Gasteiger partial charge in [0.15, 0.2) is 5.96 Å². The summed E-state index contributed by atoms with van der Waals surface area (Å²) in [7, 11) is 0. The van der Waals surface area contributed by atoms with Crippen molar-refractivity contribution in [3.8, 4) is 11.3 Å². The quantitative estimate of drug-likeness (QED) is 0.555. The van der Waals surface area contributed by atoms with Crippen LogP contribution >= 0.6 is 0 Å². The van der Waals surface area contributed by atoms with E-state index in [2.05, 4.69) is 19.5 Å². The van der Waals surface area contributed by atoms with Crippen LogP contribution in [0.3, 0.4) is 0 Å². The van der Waals surface area contributed by atoms with Crippen LogP contribution < -0.4 is 17.2 Å². The molecule has 0 radical (unpaired) electrons. The van der Waals surface area contributed by atoms with Crippen LogP contribution in [-0.2, 0) is 13.0 Å². The standard InChI is InChI=1S/C14H17N7/c15-13(16)20-14(17)19-10-4-1-3-9(7-10)11-8-18-12-5-2-6-21(11)12/h1,3-4,7-8H,2,5-6H2,(H6,15,16,17,19,20). The Labute approximate surface area is 122 Å².